The van der Waals surface area contributed by atoms with Gasteiger partial charge in [-0.1, -0.05) is 34.6 Å². The molecule has 0 fully saturated rings. The van der Waals surface area contributed by atoms with Gasteiger partial charge in [0.05, 0.1) is 12.5 Å². The molecule has 0 aliphatic heterocycles. The zero-order valence-electron chi connectivity index (χ0n) is 11.1. The minimum atomic E-state index is 0.00432. The summed E-state index contributed by atoms with van der Waals surface area (Å²) in [6, 6.07) is 2.10. The van der Waals surface area contributed by atoms with E-state index in [0.717, 1.165) is 6.42 Å². The smallest absolute Gasteiger partial charge is 0.220 e. The van der Waals surface area contributed by atoms with Gasteiger partial charge in [-0.15, -0.1) is 0 Å². The van der Waals surface area contributed by atoms with Crippen LogP contribution in [-0.4, -0.2) is 11.9 Å². The van der Waals surface area contributed by atoms with Crippen LogP contribution in [0.4, 0.5) is 0 Å². The van der Waals surface area contributed by atoms with Crippen molar-refractivity contribution >= 4 is 5.91 Å². The van der Waals surface area contributed by atoms with E-state index in [0.29, 0.717) is 18.8 Å². The van der Waals surface area contributed by atoms with E-state index in [4.69, 9.17) is 5.26 Å². The molecule has 2 unspecified atom stereocenters. The Bertz CT molecular complexity index is 260. The van der Waals surface area contributed by atoms with E-state index in [-0.39, 0.29) is 17.4 Å². The molecule has 0 aromatic carbocycles. The quantitative estimate of drug-likeness (QED) is 0.780. The minimum Gasteiger partial charge on any atom is -0.352 e. The second-order valence-corrected chi connectivity index (χ2v) is 5.51. The summed E-state index contributed by atoms with van der Waals surface area (Å²) in [6.07, 6.45) is 1.74. The van der Waals surface area contributed by atoms with Crippen LogP contribution in [0.2, 0.25) is 0 Å². The Labute approximate surface area is 99.2 Å². The highest BCUT2D eigenvalue weighted by molar-refractivity contribution is 5.76. The summed E-state index contributed by atoms with van der Waals surface area (Å²) in [5, 5.41) is 11.5. The monoisotopic (exact) mass is 224 g/mol. The van der Waals surface area contributed by atoms with E-state index < -0.39 is 0 Å². The Balaban J connectivity index is 4.13. The summed E-state index contributed by atoms with van der Waals surface area (Å²) < 4.78 is 0. The molecule has 0 radical (unpaired) electrons. The summed E-state index contributed by atoms with van der Waals surface area (Å²) in [7, 11) is 0. The fourth-order valence-electron chi connectivity index (χ4n) is 1.28. The van der Waals surface area contributed by atoms with E-state index in [1.807, 2.05) is 6.92 Å². The first-order valence-electron chi connectivity index (χ1n) is 5.97. The minimum absolute atomic E-state index is 0.00432. The Morgan fingerprint density at radius 2 is 2.00 bits per heavy atom. The third-order valence-corrected chi connectivity index (χ3v) is 3.17. The van der Waals surface area contributed by atoms with Gasteiger partial charge in [0.1, 0.15) is 0 Å². The molecule has 0 aliphatic carbocycles. The van der Waals surface area contributed by atoms with Crippen LogP contribution >= 0.6 is 0 Å². The molecule has 3 nitrogen and oxygen atoms in total. The number of nitrogens with one attached hydrogen (secondary N) is 1. The second kappa shape index (κ2) is 6.52. The van der Waals surface area contributed by atoms with Crippen LogP contribution in [0.3, 0.4) is 0 Å². The summed E-state index contributed by atoms with van der Waals surface area (Å²) in [6.45, 7) is 10.5. The zero-order chi connectivity index (χ0) is 12.8. The van der Waals surface area contributed by atoms with Crippen molar-refractivity contribution in [3.05, 3.63) is 0 Å². The SMILES string of the molecule is CCC(CC#N)NC(=O)CC(C)C(C)(C)C. The molecule has 0 heterocycles. The third kappa shape index (κ3) is 5.75. The average molecular weight is 224 g/mol. The Morgan fingerprint density at radius 3 is 2.38 bits per heavy atom. The van der Waals surface area contributed by atoms with Crippen molar-refractivity contribution in [1.29, 1.82) is 5.26 Å². The predicted octanol–water partition coefficient (Wildman–Crippen LogP) is 2.87. The first-order chi connectivity index (χ1) is 7.31. The van der Waals surface area contributed by atoms with Gasteiger partial charge in [-0.3, -0.25) is 4.79 Å². The van der Waals surface area contributed by atoms with E-state index >= 15 is 0 Å². The molecule has 2 atom stereocenters. The third-order valence-electron chi connectivity index (χ3n) is 3.17. The molecule has 92 valence electrons. The molecule has 3 heteroatoms. The lowest BCUT2D eigenvalue weighted by Gasteiger charge is -2.27. The van der Waals surface area contributed by atoms with Gasteiger partial charge in [-0.25, -0.2) is 0 Å². The van der Waals surface area contributed by atoms with Crippen LogP contribution in [0.25, 0.3) is 0 Å². The molecule has 0 saturated carbocycles. The van der Waals surface area contributed by atoms with Crippen molar-refractivity contribution in [2.24, 2.45) is 11.3 Å². The van der Waals surface area contributed by atoms with Crippen molar-refractivity contribution in [3.63, 3.8) is 0 Å². The fourth-order valence-corrected chi connectivity index (χ4v) is 1.28. The molecule has 16 heavy (non-hydrogen) atoms. The van der Waals surface area contributed by atoms with E-state index in [9.17, 15) is 4.79 Å². The molecule has 1 N–H and O–H groups in total. The lowest BCUT2D eigenvalue weighted by molar-refractivity contribution is -0.123. The largest absolute Gasteiger partial charge is 0.352 e. The van der Waals surface area contributed by atoms with Crippen LogP contribution in [0.1, 0.15) is 53.9 Å². The van der Waals surface area contributed by atoms with Crippen LogP contribution in [0.5, 0.6) is 0 Å². The van der Waals surface area contributed by atoms with Gasteiger partial charge in [0.15, 0.2) is 0 Å². The normalized spacial score (nSPS) is 15.0. The van der Waals surface area contributed by atoms with Crippen molar-refractivity contribution in [1.82, 2.24) is 5.32 Å². The maximum Gasteiger partial charge on any atom is 0.220 e. The Morgan fingerprint density at radius 1 is 1.44 bits per heavy atom. The highest BCUT2D eigenvalue weighted by Gasteiger charge is 2.23. The number of nitriles is 1. The van der Waals surface area contributed by atoms with Gasteiger partial charge >= 0.3 is 0 Å². The Hall–Kier alpha value is -1.04. The molecule has 0 spiro atoms. The van der Waals surface area contributed by atoms with E-state index in [2.05, 4.69) is 39.1 Å². The first kappa shape index (κ1) is 15.0. The van der Waals surface area contributed by atoms with Crippen molar-refractivity contribution < 1.29 is 4.79 Å². The van der Waals surface area contributed by atoms with Gasteiger partial charge in [0.25, 0.3) is 0 Å². The fraction of sp³-hybridized carbons (Fsp3) is 0.846. The molecule has 1 amide bonds. The standard InChI is InChI=1S/C13H24N2O/c1-6-11(7-8-14)15-12(16)9-10(2)13(3,4)5/h10-11H,6-7,9H2,1-5H3,(H,15,16). The molecule has 0 aliphatic rings. The van der Waals surface area contributed by atoms with Crippen LogP contribution < -0.4 is 5.32 Å². The molecule has 0 saturated heterocycles. The molecule has 0 bridgehead atoms. The van der Waals surface area contributed by atoms with Gasteiger partial charge in [0.2, 0.25) is 5.91 Å². The Kier molecular flexibility index (Phi) is 6.10. The van der Waals surface area contributed by atoms with Crippen molar-refractivity contribution in [2.75, 3.05) is 0 Å². The second-order valence-electron chi connectivity index (χ2n) is 5.51. The van der Waals surface area contributed by atoms with E-state index in [1.54, 1.807) is 0 Å². The zero-order valence-corrected chi connectivity index (χ0v) is 11.1. The van der Waals surface area contributed by atoms with Gasteiger partial charge in [-0.2, -0.15) is 5.26 Å². The van der Waals surface area contributed by atoms with Crippen LogP contribution in [0, 0.1) is 22.7 Å². The van der Waals surface area contributed by atoms with Crippen LogP contribution in [0.15, 0.2) is 0 Å². The van der Waals surface area contributed by atoms with E-state index in [1.165, 1.54) is 0 Å². The van der Waals surface area contributed by atoms with Crippen LogP contribution in [-0.2, 0) is 4.79 Å². The van der Waals surface area contributed by atoms with Gasteiger partial charge in [0, 0.05) is 12.5 Å². The lowest BCUT2D eigenvalue weighted by atomic mass is 9.80. The molecule has 0 rings (SSSR count). The summed E-state index contributed by atoms with van der Waals surface area (Å²) in [4.78, 5) is 11.7. The number of amides is 1. The van der Waals surface area contributed by atoms with Gasteiger partial charge < -0.3 is 5.32 Å². The summed E-state index contributed by atoms with van der Waals surface area (Å²) in [5.74, 6) is 0.400. The molecular weight excluding hydrogens is 200 g/mol. The van der Waals surface area contributed by atoms with Crippen molar-refractivity contribution in [2.45, 2.75) is 59.9 Å². The maximum atomic E-state index is 11.7. The number of hydrogen-bond donors (Lipinski definition) is 1. The number of hydrogen-bond acceptors (Lipinski definition) is 2. The van der Waals surface area contributed by atoms with Crippen molar-refractivity contribution in [3.8, 4) is 6.07 Å². The molecule has 0 aromatic heterocycles. The maximum absolute atomic E-state index is 11.7. The van der Waals surface area contributed by atoms with Gasteiger partial charge in [-0.05, 0) is 17.8 Å². The summed E-state index contributed by atoms with van der Waals surface area (Å²) >= 11 is 0. The highest BCUT2D eigenvalue weighted by atomic mass is 16.1. The average Bonchev–Trinajstić information content (AvgIpc) is 2.15. The lowest BCUT2D eigenvalue weighted by Crippen LogP contribution is -2.36. The number of carbonyl (C=O) groups excluding carboxylic acids is 1. The summed E-state index contributed by atoms with van der Waals surface area (Å²) in [5.41, 5.74) is 0.147. The predicted molar refractivity (Wildman–Crippen MR) is 65.7 cm³/mol. The number of carbonyl (C=O) groups is 1. The number of nitrogens with zero attached hydrogens (tertiary/aromatic N) is 1. The topological polar surface area (TPSA) is 52.9 Å². The highest BCUT2D eigenvalue weighted by Crippen LogP contribution is 2.27. The molecule has 0 aromatic rings. The number of rotatable bonds is 5. The first-order valence-corrected chi connectivity index (χ1v) is 5.97. The molecular formula is C13H24N2O.